The van der Waals surface area contributed by atoms with Crippen LogP contribution in [-0.2, 0) is 6.42 Å². The molecule has 0 aliphatic carbocycles. The molecule has 4 heteroatoms. The van der Waals surface area contributed by atoms with Gasteiger partial charge in [0.25, 0.3) is 0 Å². The molecule has 2 nitrogen and oxygen atoms in total. The van der Waals surface area contributed by atoms with Crippen LogP contribution >= 0.6 is 0 Å². The monoisotopic (exact) mass is 274 g/mol. The first-order chi connectivity index (χ1) is 9.72. The van der Waals surface area contributed by atoms with Crippen LogP contribution in [0.4, 0.5) is 14.6 Å². The summed E-state index contributed by atoms with van der Waals surface area (Å²) in [5, 5.41) is 0. The van der Waals surface area contributed by atoms with Crippen molar-refractivity contribution in [3.8, 4) is 0 Å². The van der Waals surface area contributed by atoms with E-state index in [2.05, 4.69) is 4.98 Å². The average Bonchev–Trinajstić information content (AvgIpc) is 2.80. The lowest BCUT2D eigenvalue weighted by Crippen LogP contribution is -2.21. The Balaban J connectivity index is 1.77. The summed E-state index contributed by atoms with van der Waals surface area (Å²) in [5.41, 5.74) is 2.08. The summed E-state index contributed by atoms with van der Waals surface area (Å²) in [6.45, 7) is 0.173. The van der Waals surface area contributed by atoms with Crippen LogP contribution in [0.15, 0.2) is 48.5 Å². The molecular formula is C16H16F2N2. The van der Waals surface area contributed by atoms with Crippen molar-refractivity contribution in [1.29, 1.82) is 0 Å². The molecule has 2 heterocycles. The Kier molecular flexibility index (Phi) is 3.63. The van der Waals surface area contributed by atoms with Gasteiger partial charge in [-0.05, 0) is 17.7 Å². The van der Waals surface area contributed by atoms with Crippen LogP contribution in [0.1, 0.15) is 11.3 Å². The van der Waals surface area contributed by atoms with E-state index in [1.807, 2.05) is 42.5 Å². The average molecular weight is 274 g/mol. The summed E-state index contributed by atoms with van der Waals surface area (Å²) in [4.78, 5) is 6.18. The second-order valence-electron chi connectivity index (χ2n) is 5.09. The summed E-state index contributed by atoms with van der Waals surface area (Å²) >= 11 is 0. The van der Waals surface area contributed by atoms with Gasteiger partial charge in [-0.15, -0.1) is 0 Å². The first-order valence-electron chi connectivity index (χ1n) is 6.75. The largest absolute Gasteiger partial charge is 0.351 e. The van der Waals surface area contributed by atoms with Gasteiger partial charge in [0.15, 0.2) is 12.3 Å². The second-order valence-corrected chi connectivity index (χ2v) is 5.09. The van der Waals surface area contributed by atoms with Gasteiger partial charge in [-0.1, -0.05) is 36.4 Å². The van der Waals surface area contributed by atoms with Gasteiger partial charge in [0.2, 0.25) is 0 Å². The van der Waals surface area contributed by atoms with Crippen LogP contribution in [-0.4, -0.2) is 30.4 Å². The van der Waals surface area contributed by atoms with Gasteiger partial charge >= 0.3 is 0 Å². The number of benzene rings is 1. The molecule has 0 radical (unpaired) electrons. The number of anilines is 1. The van der Waals surface area contributed by atoms with Crippen molar-refractivity contribution in [2.75, 3.05) is 18.0 Å². The molecule has 0 saturated carbocycles. The maximum atomic E-state index is 13.3. The van der Waals surface area contributed by atoms with Crippen molar-refractivity contribution < 1.29 is 8.78 Å². The van der Waals surface area contributed by atoms with Crippen molar-refractivity contribution in [2.24, 2.45) is 0 Å². The predicted molar refractivity (Wildman–Crippen MR) is 75.5 cm³/mol. The third-order valence-corrected chi connectivity index (χ3v) is 3.53. The topological polar surface area (TPSA) is 16.1 Å². The summed E-state index contributed by atoms with van der Waals surface area (Å²) in [6, 6.07) is 15.7. The first-order valence-corrected chi connectivity index (χ1v) is 6.75. The highest BCUT2D eigenvalue weighted by molar-refractivity contribution is 5.42. The van der Waals surface area contributed by atoms with E-state index in [4.69, 9.17) is 0 Å². The lowest BCUT2D eigenvalue weighted by Gasteiger charge is -2.16. The van der Waals surface area contributed by atoms with E-state index in [9.17, 15) is 8.78 Å². The molecule has 3 rings (SSSR count). The van der Waals surface area contributed by atoms with E-state index in [-0.39, 0.29) is 13.1 Å². The third-order valence-electron chi connectivity index (χ3n) is 3.53. The highest BCUT2D eigenvalue weighted by atomic mass is 19.2. The molecule has 1 aromatic heterocycles. The van der Waals surface area contributed by atoms with Crippen molar-refractivity contribution >= 4 is 5.82 Å². The fourth-order valence-corrected chi connectivity index (χ4v) is 2.46. The molecule has 1 aliphatic rings. The Morgan fingerprint density at radius 1 is 0.950 bits per heavy atom. The number of pyridine rings is 1. The maximum Gasteiger partial charge on any atom is 0.150 e. The molecular weight excluding hydrogens is 258 g/mol. The predicted octanol–water partition coefficient (Wildman–Crippen LogP) is 3.17. The molecule has 2 aromatic rings. The zero-order chi connectivity index (χ0) is 13.9. The second kappa shape index (κ2) is 5.57. The van der Waals surface area contributed by atoms with Crippen LogP contribution in [0.25, 0.3) is 0 Å². The Bertz CT molecular complexity index is 564. The SMILES string of the molecule is F[C@@H]1CN(c2cccc(Cc3ccccc3)n2)C[C@H]1F. The first kappa shape index (κ1) is 13.0. The summed E-state index contributed by atoms with van der Waals surface area (Å²) in [7, 11) is 0. The third kappa shape index (κ3) is 2.79. The zero-order valence-electron chi connectivity index (χ0n) is 11.0. The van der Waals surface area contributed by atoms with Gasteiger partial charge < -0.3 is 4.90 Å². The van der Waals surface area contributed by atoms with Crippen molar-refractivity contribution in [3.63, 3.8) is 0 Å². The summed E-state index contributed by atoms with van der Waals surface area (Å²) < 4.78 is 26.5. The number of halogens is 2. The molecule has 1 aromatic carbocycles. The molecule has 0 bridgehead atoms. The van der Waals surface area contributed by atoms with Gasteiger partial charge in [0.05, 0.1) is 13.1 Å². The lowest BCUT2D eigenvalue weighted by molar-refractivity contribution is 0.217. The molecule has 0 spiro atoms. The minimum Gasteiger partial charge on any atom is -0.351 e. The van der Waals surface area contributed by atoms with Crippen LogP contribution in [0.2, 0.25) is 0 Å². The van der Waals surface area contributed by atoms with E-state index < -0.39 is 12.3 Å². The van der Waals surface area contributed by atoms with Gasteiger partial charge in [0, 0.05) is 12.1 Å². The van der Waals surface area contributed by atoms with Crippen molar-refractivity contribution in [2.45, 2.75) is 18.8 Å². The Morgan fingerprint density at radius 2 is 1.65 bits per heavy atom. The molecule has 2 atom stereocenters. The highest BCUT2D eigenvalue weighted by Crippen LogP contribution is 2.23. The van der Waals surface area contributed by atoms with Gasteiger partial charge in [-0.3, -0.25) is 0 Å². The van der Waals surface area contributed by atoms with Gasteiger partial charge in [-0.25, -0.2) is 13.8 Å². The minimum atomic E-state index is -1.41. The molecule has 1 fully saturated rings. The van der Waals surface area contributed by atoms with Crippen molar-refractivity contribution in [1.82, 2.24) is 4.98 Å². The van der Waals surface area contributed by atoms with E-state index >= 15 is 0 Å². The van der Waals surface area contributed by atoms with Crippen LogP contribution < -0.4 is 4.90 Å². The number of rotatable bonds is 3. The number of hydrogen-bond donors (Lipinski definition) is 0. The molecule has 1 saturated heterocycles. The molecule has 1 aliphatic heterocycles. The number of nitrogens with zero attached hydrogens (tertiary/aromatic N) is 2. The van der Waals surface area contributed by atoms with Crippen LogP contribution in [0, 0.1) is 0 Å². The highest BCUT2D eigenvalue weighted by Gasteiger charge is 2.33. The maximum absolute atomic E-state index is 13.3. The minimum absolute atomic E-state index is 0.0863. The van der Waals surface area contributed by atoms with Crippen molar-refractivity contribution in [3.05, 3.63) is 59.8 Å². The van der Waals surface area contributed by atoms with Crippen LogP contribution in [0.5, 0.6) is 0 Å². The summed E-state index contributed by atoms with van der Waals surface area (Å²) in [5.74, 6) is 0.654. The molecule has 0 N–H and O–H groups in total. The molecule has 0 unspecified atom stereocenters. The quantitative estimate of drug-likeness (QED) is 0.854. The number of hydrogen-bond acceptors (Lipinski definition) is 2. The Labute approximate surface area is 117 Å². The Hall–Kier alpha value is -1.97. The fraction of sp³-hybridized carbons (Fsp3) is 0.312. The zero-order valence-corrected chi connectivity index (χ0v) is 11.0. The van der Waals surface area contributed by atoms with E-state index in [1.165, 1.54) is 5.56 Å². The van der Waals surface area contributed by atoms with E-state index in [1.54, 1.807) is 11.0 Å². The van der Waals surface area contributed by atoms with E-state index in [0.717, 1.165) is 12.1 Å². The Morgan fingerprint density at radius 3 is 2.35 bits per heavy atom. The molecule has 20 heavy (non-hydrogen) atoms. The molecule has 104 valence electrons. The summed E-state index contributed by atoms with van der Waals surface area (Å²) in [6.07, 6.45) is -2.09. The van der Waals surface area contributed by atoms with E-state index in [0.29, 0.717) is 5.82 Å². The van der Waals surface area contributed by atoms with Gasteiger partial charge in [0.1, 0.15) is 5.82 Å². The van der Waals surface area contributed by atoms with Gasteiger partial charge in [-0.2, -0.15) is 0 Å². The number of aromatic nitrogens is 1. The van der Waals surface area contributed by atoms with Crippen LogP contribution in [0.3, 0.4) is 0 Å². The smallest absolute Gasteiger partial charge is 0.150 e. The molecule has 0 amide bonds. The fourth-order valence-electron chi connectivity index (χ4n) is 2.46. The standard InChI is InChI=1S/C16H16F2N2/c17-14-10-20(11-15(14)18)16-8-4-7-13(19-16)9-12-5-2-1-3-6-12/h1-8,14-15H,9-11H2/t14-,15-/m1/s1. The number of alkyl halides is 2. The lowest BCUT2D eigenvalue weighted by atomic mass is 10.1. The normalized spacial score (nSPS) is 22.2.